The zero-order valence-corrected chi connectivity index (χ0v) is 17.4. The molecule has 1 aromatic heterocycles. The van der Waals surface area contributed by atoms with Crippen LogP contribution in [0.2, 0.25) is 0 Å². The van der Waals surface area contributed by atoms with Crippen molar-refractivity contribution in [3.8, 4) is 23.3 Å². The van der Waals surface area contributed by atoms with Crippen molar-refractivity contribution in [3.05, 3.63) is 41.7 Å². The third-order valence-electron chi connectivity index (χ3n) is 6.22. The predicted molar refractivity (Wildman–Crippen MR) is 115 cm³/mol. The van der Waals surface area contributed by atoms with E-state index in [9.17, 15) is 5.11 Å². The van der Waals surface area contributed by atoms with E-state index in [0.717, 1.165) is 42.7 Å². The molecule has 2 aliphatic carbocycles. The molecule has 2 aromatic rings. The quantitative estimate of drug-likeness (QED) is 0.753. The molecule has 2 aliphatic rings. The molecule has 0 radical (unpaired) electrons. The number of nitrogen functional groups attached to an aromatic ring is 1. The highest BCUT2D eigenvalue weighted by atomic mass is 16.5. The Hall–Kier alpha value is -2.78. The number of nitrogens with two attached hydrogens (primary N) is 1. The van der Waals surface area contributed by atoms with Gasteiger partial charge in [-0.25, -0.2) is 9.97 Å². The first-order chi connectivity index (χ1) is 14.6. The average molecular weight is 408 g/mol. The van der Waals surface area contributed by atoms with Crippen molar-refractivity contribution in [2.75, 3.05) is 12.8 Å². The molecule has 2 fully saturated rings. The van der Waals surface area contributed by atoms with Crippen molar-refractivity contribution in [2.24, 2.45) is 0 Å². The first-order valence-electron chi connectivity index (χ1n) is 10.7. The Bertz CT molecular complexity index is 936. The van der Waals surface area contributed by atoms with Crippen LogP contribution in [0, 0.1) is 11.8 Å². The zero-order chi connectivity index (χ0) is 21.0. The van der Waals surface area contributed by atoms with Gasteiger partial charge in [-0.3, -0.25) is 0 Å². The maximum atomic E-state index is 10.1. The summed E-state index contributed by atoms with van der Waals surface area (Å²) in [5.74, 6) is 8.40. The van der Waals surface area contributed by atoms with E-state index in [2.05, 4.69) is 33.9 Å². The van der Waals surface area contributed by atoms with Gasteiger partial charge in [0.25, 0.3) is 0 Å². The second kappa shape index (κ2) is 8.93. The summed E-state index contributed by atoms with van der Waals surface area (Å²) in [6, 6.07) is 7.88. The van der Waals surface area contributed by atoms with Gasteiger partial charge in [0.1, 0.15) is 5.69 Å². The van der Waals surface area contributed by atoms with Crippen LogP contribution in [-0.4, -0.2) is 34.4 Å². The molecule has 0 aliphatic heterocycles. The Morgan fingerprint density at radius 1 is 1.10 bits per heavy atom. The third kappa shape index (κ3) is 4.52. The van der Waals surface area contributed by atoms with Crippen LogP contribution >= 0.6 is 0 Å². The van der Waals surface area contributed by atoms with Gasteiger partial charge in [-0.2, -0.15) is 0 Å². The second-order valence-corrected chi connectivity index (χ2v) is 8.25. The SMILES string of the molecule is COc1ccc([C@]2(C#Cc3ccnc(N)n3)CC[C@@H](O)CC2)cc1OC1CCCC1. The van der Waals surface area contributed by atoms with Crippen LogP contribution in [-0.2, 0) is 5.41 Å². The number of benzene rings is 1. The van der Waals surface area contributed by atoms with E-state index in [1.807, 2.05) is 6.07 Å². The topological polar surface area (TPSA) is 90.5 Å². The summed E-state index contributed by atoms with van der Waals surface area (Å²) in [5.41, 5.74) is 7.03. The summed E-state index contributed by atoms with van der Waals surface area (Å²) < 4.78 is 11.9. The van der Waals surface area contributed by atoms with Crippen molar-refractivity contribution < 1.29 is 14.6 Å². The molecular weight excluding hydrogens is 378 g/mol. The molecule has 1 heterocycles. The van der Waals surface area contributed by atoms with Crippen LogP contribution in [0.15, 0.2) is 30.5 Å². The lowest BCUT2D eigenvalue weighted by molar-refractivity contribution is 0.110. The molecule has 0 spiro atoms. The van der Waals surface area contributed by atoms with E-state index in [0.29, 0.717) is 18.5 Å². The summed E-state index contributed by atoms with van der Waals surface area (Å²) in [6.07, 6.45) is 9.15. The van der Waals surface area contributed by atoms with Crippen molar-refractivity contribution in [1.29, 1.82) is 0 Å². The third-order valence-corrected chi connectivity index (χ3v) is 6.22. The molecule has 30 heavy (non-hydrogen) atoms. The monoisotopic (exact) mass is 407 g/mol. The standard InChI is InChI=1S/C24H29N3O3/c1-29-21-7-6-17(16-22(21)30-20-4-2-3-5-20)24(13-9-19(28)10-14-24)12-8-18-11-15-26-23(25)27-18/h6-7,11,15-16,19-20,28H,2-5,9-10,13-14H2,1H3,(H2,25,26,27)/t19-,24-. The largest absolute Gasteiger partial charge is 0.493 e. The summed E-state index contributed by atoms with van der Waals surface area (Å²) in [5, 5.41) is 10.1. The lowest BCUT2D eigenvalue weighted by atomic mass is 9.69. The molecule has 158 valence electrons. The number of methoxy groups -OCH3 is 1. The molecule has 3 N–H and O–H groups in total. The van der Waals surface area contributed by atoms with Crippen molar-refractivity contribution in [1.82, 2.24) is 9.97 Å². The molecule has 1 aromatic carbocycles. The van der Waals surface area contributed by atoms with Crippen molar-refractivity contribution in [2.45, 2.75) is 69.0 Å². The minimum absolute atomic E-state index is 0.214. The molecule has 2 saturated carbocycles. The lowest BCUT2D eigenvalue weighted by Crippen LogP contribution is -2.32. The number of anilines is 1. The second-order valence-electron chi connectivity index (χ2n) is 8.25. The fourth-order valence-electron chi connectivity index (χ4n) is 4.46. The van der Waals surface area contributed by atoms with Gasteiger partial charge in [0, 0.05) is 6.20 Å². The summed E-state index contributed by atoms with van der Waals surface area (Å²) in [4.78, 5) is 8.14. The Labute approximate surface area is 177 Å². The van der Waals surface area contributed by atoms with E-state index < -0.39 is 0 Å². The molecule has 0 amide bonds. The summed E-state index contributed by atoms with van der Waals surface area (Å²) in [6.45, 7) is 0. The number of nitrogens with zero attached hydrogens (tertiary/aromatic N) is 2. The smallest absolute Gasteiger partial charge is 0.221 e. The van der Waals surface area contributed by atoms with Crippen molar-refractivity contribution in [3.63, 3.8) is 0 Å². The Morgan fingerprint density at radius 2 is 1.87 bits per heavy atom. The molecule has 0 bridgehead atoms. The maximum Gasteiger partial charge on any atom is 0.221 e. The normalized spacial score (nSPS) is 24.1. The van der Waals surface area contributed by atoms with E-state index in [4.69, 9.17) is 15.2 Å². The summed E-state index contributed by atoms with van der Waals surface area (Å²) >= 11 is 0. The molecule has 0 unspecified atom stereocenters. The first kappa shape index (κ1) is 20.5. The van der Waals surface area contributed by atoms with Gasteiger partial charge >= 0.3 is 0 Å². The highest BCUT2D eigenvalue weighted by Crippen LogP contribution is 2.43. The van der Waals surface area contributed by atoms with E-state index in [1.54, 1.807) is 19.4 Å². The number of aliphatic hydroxyl groups is 1. The zero-order valence-electron chi connectivity index (χ0n) is 17.4. The minimum atomic E-state index is -0.376. The van der Waals surface area contributed by atoms with Gasteiger partial charge in [-0.1, -0.05) is 12.0 Å². The van der Waals surface area contributed by atoms with Gasteiger partial charge in [-0.15, -0.1) is 0 Å². The molecule has 0 atom stereocenters. The molecule has 0 saturated heterocycles. The van der Waals surface area contributed by atoms with Gasteiger partial charge in [0.05, 0.1) is 24.7 Å². The maximum absolute atomic E-state index is 10.1. The molecule has 4 rings (SSSR count). The van der Waals surface area contributed by atoms with Crippen LogP contribution < -0.4 is 15.2 Å². The number of ether oxygens (including phenoxy) is 2. The predicted octanol–water partition coefficient (Wildman–Crippen LogP) is 3.61. The highest BCUT2D eigenvalue weighted by Gasteiger charge is 2.36. The van der Waals surface area contributed by atoms with Crippen LogP contribution in [0.5, 0.6) is 11.5 Å². The number of hydrogen-bond donors (Lipinski definition) is 2. The average Bonchev–Trinajstić information content (AvgIpc) is 3.27. The van der Waals surface area contributed by atoms with Crippen LogP contribution in [0.1, 0.15) is 62.6 Å². The first-order valence-corrected chi connectivity index (χ1v) is 10.7. The highest BCUT2D eigenvalue weighted by molar-refractivity contribution is 5.49. The Morgan fingerprint density at radius 3 is 2.57 bits per heavy atom. The van der Waals surface area contributed by atoms with Gasteiger partial charge in [0.15, 0.2) is 11.5 Å². The van der Waals surface area contributed by atoms with E-state index in [1.165, 1.54) is 12.8 Å². The van der Waals surface area contributed by atoms with E-state index >= 15 is 0 Å². The number of hydrogen-bond acceptors (Lipinski definition) is 6. The summed E-state index contributed by atoms with van der Waals surface area (Å²) in [7, 11) is 1.67. The minimum Gasteiger partial charge on any atom is -0.493 e. The van der Waals surface area contributed by atoms with Gasteiger partial charge in [0.2, 0.25) is 5.95 Å². The van der Waals surface area contributed by atoms with E-state index in [-0.39, 0.29) is 23.6 Å². The molecule has 6 nitrogen and oxygen atoms in total. The fraction of sp³-hybridized carbons (Fsp3) is 0.500. The number of aromatic nitrogens is 2. The van der Waals surface area contributed by atoms with Crippen LogP contribution in [0.3, 0.4) is 0 Å². The number of aliphatic hydroxyl groups excluding tert-OH is 1. The Kier molecular flexibility index (Phi) is 6.10. The molecular formula is C24H29N3O3. The van der Waals surface area contributed by atoms with Crippen LogP contribution in [0.25, 0.3) is 0 Å². The van der Waals surface area contributed by atoms with Gasteiger partial charge in [-0.05, 0) is 81.0 Å². The lowest BCUT2D eigenvalue weighted by Gasteiger charge is -2.35. The Balaban J connectivity index is 1.70. The molecule has 6 heteroatoms. The van der Waals surface area contributed by atoms with Gasteiger partial charge < -0.3 is 20.3 Å². The fourth-order valence-corrected chi connectivity index (χ4v) is 4.46. The van der Waals surface area contributed by atoms with Crippen LogP contribution in [0.4, 0.5) is 5.95 Å². The van der Waals surface area contributed by atoms with Crippen molar-refractivity contribution >= 4 is 5.95 Å². The number of rotatable bonds is 4.